The molecule has 6 heteroatoms. The fourth-order valence-electron chi connectivity index (χ4n) is 3.05. The highest BCUT2D eigenvalue weighted by Gasteiger charge is 2.22. The van der Waals surface area contributed by atoms with Gasteiger partial charge in [-0.2, -0.15) is 0 Å². The number of piperazine rings is 1. The summed E-state index contributed by atoms with van der Waals surface area (Å²) in [6.45, 7) is 3.11. The second-order valence-corrected chi connectivity index (χ2v) is 6.33. The Labute approximate surface area is 153 Å². The fourth-order valence-corrected chi connectivity index (χ4v) is 3.05. The van der Waals surface area contributed by atoms with E-state index in [0.29, 0.717) is 44.7 Å². The van der Waals surface area contributed by atoms with Gasteiger partial charge in [0.05, 0.1) is 0 Å². The van der Waals surface area contributed by atoms with E-state index in [4.69, 9.17) is 10.5 Å². The molecule has 1 amide bonds. The minimum atomic E-state index is -0.307. The number of ether oxygens (including phenoxy) is 1. The Hall–Kier alpha value is -2.60. The van der Waals surface area contributed by atoms with Gasteiger partial charge in [-0.15, -0.1) is 0 Å². The number of nitrogens with two attached hydrogens (primary N) is 1. The number of carbonyl (C=O) groups is 1. The molecule has 5 nitrogen and oxygen atoms in total. The second-order valence-electron chi connectivity index (χ2n) is 6.33. The number of rotatable bonds is 5. The van der Waals surface area contributed by atoms with E-state index in [1.54, 1.807) is 17.0 Å². The summed E-state index contributed by atoms with van der Waals surface area (Å²) < 4.78 is 19.5. The molecule has 0 aliphatic carbocycles. The highest BCUT2D eigenvalue weighted by atomic mass is 19.1. The van der Waals surface area contributed by atoms with E-state index in [0.717, 1.165) is 11.3 Å². The third-order valence-electron chi connectivity index (χ3n) is 4.56. The number of hydrogen-bond acceptors (Lipinski definition) is 4. The third kappa shape index (κ3) is 4.52. The van der Waals surface area contributed by atoms with Crippen molar-refractivity contribution in [2.45, 2.75) is 13.0 Å². The second kappa shape index (κ2) is 8.67. The van der Waals surface area contributed by atoms with E-state index in [-0.39, 0.29) is 18.5 Å². The lowest BCUT2D eigenvalue weighted by Crippen LogP contribution is -2.49. The minimum Gasteiger partial charge on any atom is -0.445 e. The molecule has 3 rings (SSSR count). The van der Waals surface area contributed by atoms with E-state index in [1.807, 2.05) is 36.4 Å². The number of anilines is 1. The summed E-state index contributed by atoms with van der Waals surface area (Å²) >= 11 is 0. The van der Waals surface area contributed by atoms with Crippen LogP contribution in [0.4, 0.5) is 14.9 Å². The largest absolute Gasteiger partial charge is 0.445 e. The first-order valence-corrected chi connectivity index (χ1v) is 8.86. The van der Waals surface area contributed by atoms with Gasteiger partial charge in [-0.1, -0.05) is 36.4 Å². The summed E-state index contributed by atoms with van der Waals surface area (Å²) in [6.07, 6.45) is 0.227. The van der Waals surface area contributed by atoms with Crippen molar-refractivity contribution in [3.63, 3.8) is 0 Å². The average molecular weight is 357 g/mol. The molecule has 2 N–H and O–H groups in total. The predicted molar refractivity (Wildman–Crippen MR) is 99.6 cm³/mol. The predicted octanol–water partition coefficient (Wildman–Crippen LogP) is 2.79. The molecule has 2 aromatic carbocycles. The number of benzene rings is 2. The molecule has 26 heavy (non-hydrogen) atoms. The summed E-state index contributed by atoms with van der Waals surface area (Å²) in [5.74, 6) is -0.224. The van der Waals surface area contributed by atoms with Crippen LogP contribution in [0, 0.1) is 5.82 Å². The number of hydrogen-bond donors (Lipinski definition) is 1. The molecule has 1 heterocycles. The van der Waals surface area contributed by atoms with E-state index in [9.17, 15) is 9.18 Å². The maximum atomic E-state index is 14.1. The topological polar surface area (TPSA) is 58.8 Å². The van der Waals surface area contributed by atoms with Crippen LogP contribution in [0.3, 0.4) is 0 Å². The zero-order valence-corrected chi connectivity index (χ0v) is 14.7. The van der Waals surface area contributed by atoms with Crippen molar-refractivity contribution in [1.29, 1.82) is 0 Å². The van der Waals surface area contributed by atoms with E-state index in [2.05, 4.69) is 4.90 Å². The van der Waals surface area contributed by atoms with Crippen molar-refractivity contribution in [2.75, 3.05) is 37.6 Å². The van der Waals surface area contributed by atoms with Crippen LogP contribution in [0.25, 0.3) is 0 Å². The molecule has 1 saturated heterocycles. The van der Waals surface area contributed by atoms with Gasteiger partial charge in [0.1, 0.15) is 12.4 Å². The van der Waals surface area contributed by atoms with Crippen LogP contribution in [0.15, 0.2) is 48.5 Å². The van der Waals surface area contributed by atoms with Gasteiger partial charge in [0, 0.05) is 31.9 Å². The van der Waals surface area contributed by atoms with Crippen LogP contribution in [-0.2, 0) is 17.8 Å². The lowest BCUT2D eigenvalue weighted by molar-refractivity contribution is 0.0942. The molecule has 1 aliphatic heterocycles. The van der Waals surface area contributed by atoms with Gasteiger partial charge in [-0.05, 0) is 36.2 Å². The van der Waals surface area contributed by atoms with Gasteiger partial charge in [-0.3, -0.25) is 0 Å². The molecule has 0 spiro atoms. The van der Waals surface area contributed by atoms with Crippen molar-refractivity contribution in [1.82, 2.24) is 4.90 Å². The lowest BCUT2D eigenvalue weighted by atomic mass is 10.1. The molecule has 0 bridgehead atoms. The Morgan fingerprint density at radius 3 is 2.46 bits per heavy atom. The van der Waals surface area contributed by atoms with Crippen molar-refractivity contribution >= 4 is 11.8 Å². The van der Waals surface area contributed by atoms with Crippen LogP contribution in [0.1, 0.15) is 11.1 Å². The average Bonchev–Trinajstić information content (AvgIpc) is 2.69. The van der Waals surface area contributed by atoms with Gasteiger partial charge in [0.25, 0.3) is 0 Å². The van der Waals surface area contributed by atoms with Gasteiger partial charge in [0.2, 0.25) is 0 Å². The SMILES string of the molecule is NCCc1ccc(N2CCN(C(=O)OCc3ccccc3)CC2)cc1F. The Bertz CT molecular complexity index is 731. The maximum Gasteiger partial charge on any atom is 0.410 e. The quantitative estimate of drug-likeness (QED) is 0.894. The summed E-state index contributed by atoms with van der Waals surface area (Å²) in [5, 5.41) is 0. The van der Waals surface area contributed by atoms with Gasteiger partial charge in [0.15, 0.2) is 0 Å². The highest BCUT2D eigenvalue weighted by Crippen LogP contribution is 2.21. The molecule has 1 fully saturated rings. The van der Waals surface area contributed by atoms with Crippen LogP contribution < -0.4 is 10.6 Å². The Morgan fingerprint density at radius 1 is 1.08 bits per heavy atom. The van der Waals surface area contributed by atoms with Crippen LogP contribution >= 0.6 is 0 Å². The monoisotopic (exact) mass is 357 g/mol. The maximum absolute atomic E-state index is 14.1. The van der Waals surface area contributed by atoms with Crippen molar-refractivity contribution in [3.05, 3.63) is 65.5 Å². The number of nitrogens with zero attached hydrogens (tertiary/aromatic N) is 2. The molecule has 0 saturated carbocycles. The normalized spacial score (nSPS) is 14.4. The van der Waals surface area contributed by atoms with E-state index in [1.165, 1.54) is 0 Å². The van der Waals surface area contributed by atoms with Crippen molar-refractivity contribution in [3.8, 4) is 0 Å². The molecule has 1 aliphatic rings. The van der Waals surface area contributed by atoms with Crippen LogP contribution in [0.5, 0.6) is 0 Å². The van der Waals surface area contributed by atoms with E-state index >= 15 is 0 Å². The summed E-state index contributed by atoms with van der Waals surface area (Å²) in [7, 11) is 0. The van der Waals surface area contributed by atoms with Gasteiger partial charge in [-0.25, -0.2) is 9.18 Å². The number of halogens is 1. The third-order valence-corrected chi connectivity index (χ3v) is 4.56. The van der Waals surface area contributed by atoms with Gasteiger partial charge >= 0.3 is 6.09 Å². The molecular formula is C20H24FN3O2. The smallest absolute Gasteiger partial charge is 0.410 e. The molecule has 0 aromatic heterocycles. The number of carbonyl (C=O) groups excluding carboxylic acids is 1. The molecule has 0 unspecified atom stereocenters. The van der Waals surface area contributed by atoms with Crippen LogP contribution in [-0.4, -0.2) is 43.7 Å². The minimum absolute atomic E-state index is 0.224. The highest BCUT2D eigenvalue weighted by molar-refractivity contribution is 5.68. The Balaban J connectivity index is 1.50. The standard InChI is InChI=1S/C20H24FN3O2/c21-19-14-18(7-6-17(19)8-9-22)23-10-12-24(13-11-23)20(25)26-15-16-4-2-1-3-5-16/h1-7,14H,8-13,15,22H2. The van der Waals surface area contributed by atoms with E-state index < -0.39 is 0 Å². The number of amides is 1. The lowest BCUT2D eigenvalue weighted by Gasteiger charge is -2.35. The van der Waals surface area contributed by atoms with Crippen molar-refractivity contribution < 1.29 is 13.9 Å². The first kappa shape index (κ1) is 18.2. The Morgan fingerprint density at radius 2 is 1.81 bits per heavy atom. The first-order valence-electron chi connectivity index (χ1n) is 8.86. The van der Waals surface area contributed by atoms with Crippen LogP contribution in [0.2, 0.25) is 0 Å². The van der Waals surface area contributed by atoms with Crippen molar-refractivity contribution in [2.24, 2.45) is 5.73 Å². The Kier molecular flexibility index (Phi) is 6.07. The van der Waals surface area contributed by atoms with Gasteiger partial charge < -0.3 is 20.3 Å². The zero-order valence-electron chi connectivity index (χ0n) is 14.7. The first-order chi connectivity index (χ1) is 12.7. The summed E-state index contributed by atoms with van der Waals surface area (Å²) in [4.78, 5) is 16.0. The summed E-state index contributed by atoms with van der Waals surface area (Å²) in [6, 6.07) is 14.9. The molecule has 2 aromatic rings. The molecule has 138 valence electrons. The zero-order chi connectivity index (χ0) is 18.4. The fraction of sp³-hybridized carbons (Fsp3) is 0.350. The molecular weight excluding hydrogens is 333 g/mol. The molecule has 0 radical (unpaired) electrons. The summed E-state index contributed by atoms with van der Waals surface area (Å²) in [5.41, 5.74) is 7.93. The molecule has 0 atom stereocenters.